The molecule has 1 aliphatic heterocycles. The predicted molar refractivity (Wildman–Crippen MR) is 37.3 cm³/mol. The van der Waals surface area contributed by atoms with Gasteiger partial charge in [0.1, 0.15) is 0 Å². The number of fused-ring (bicyclic) bond motifs is 1. The van der Waals surface area contributed by atoms with E-state index < -0.39 is 0 Å². The molecule has 0 aromatic rings. The first-order valence-corrected chi connectivity index (χ1v) is 3.12. The standard InChI is InChI=1S/C7H8N2/c1-2-4-7-6(3-1)5-8-9-7/h1-3,8H,4-5H2. The third kappa shape index (κ3) is 0.669. The fourth-order valence-electron chi connectivity index (χ4n) is 1.09. The van der Waals surface area contributed by atoms with Crippen molar-refractivity contribution in [3.8, 4) is 0 Å². The van der Waals surface area contributed by atoms with Gasteiger partial charge in [0.15, 0.2) is 0 Å². The van der Waals surface area contributed by atoms with E-state index in [1.807, 2.05) is 0 Å². The number of rotatable bonds is 0. The molecule has 0 aromatic carbocycles. The predicted octanol–water partition coefficient (Wildman–Crippen LogP) is 0.832. The van der Waals surface area contributed by atoms with Gasteiger partial charge in [0.2, 0.25) is 0 Å². The highest BCUT2D eigenvalue weighted by Crippen LogP contribution is 2.11. The summed E-state index contributed by atoms with van der Waals surface area (Å²) in [6, 6.07) is 0. The molecule has 46 valence electrons. The van der Waals surface area contributed by atoms with E-state index in [4.69, 9.17) is 0 Å². The molecule has 0 bridgehead atoms. The molecule has 0 radical (unpaired) electrons. The van der Waals surface area contributed by atoms with Crippen molar-refractivity contribution in [1.82, 2.24) is 5.43 Å². The minimum Gasteiger partial charge on any atom is -0.305 e. The highest BCUT2D eigenvalue weighted by molar-refractivity contribution is 6.03. The summed E-state index contributed by atoms with van der Waals surface area (Å²) in [5.74, 6) is 0. The summed E-state index contributed by atoms with van der Waals surface area (Å²) in [4.78, 5) is 0. The Balaban J connectivity index is 2.37. The van der Waals surface area contributed by atoms with Gasteiger partial charge in [-0.25, -0.2) is 0 Å². The second-order valence-electron chi connectivity index (χ2n) is 2.22. The molecule has 9 heavy (non-hydrogen) atoms. The third-order valence-corrected chi connectivity index (χ3v) is 1.60. The van der Waals surface area contributed by atoms with Gasteiger partial charge < -0.3 is 5.43 Å². The largest absolute Gasteiger partial charge is 0.305 e. The normalized spacial score (nSPS) is 22.2. The zero-order chi connectivity index (χ0) is 6.10. The molecular formula is C7H8N2. The maximum atomic E-state index is 4.10. The zero-order valence-corrected chi connectivity index (χ0v) is 5.09. The van der Waals surface area contributed by atoms with Crippen LogP contribution in [0.15, 0.2) is 28.9 Å². The van der Waals surface area contributed by atoms with Gasteiger partial charge in [0, 0.05) is 6.42 Å². The number of hydrogen-bond donors (Lipinski definition) is 1. The Bertz CT molecular complexity index is 211. The molecule has 0 atom stereocenters. The quantitative estimate of drug-likeness (QED) is 0.503. The summed E-state index contributed by atoms with van der Waals surface area (Å²) < 4.78 is 0. The lowest BCUT2D eigenvalue weighted by molar-refractivity contribution is 0.855. The molecule has 0 unspecified atom stereocenters. The summed E-state index contributed by atoms with van der Waals surface area (Å²) >= 11 is 0. The van der Waals surface area contributed by atoms with Crippen LogP contribution in [0.4, 0.5) is 0 Å². The number of hydrogen-bond acceptors (Lipinski definition) is 2. The Morgan fingerprint density at radius 2 is 2.56 bits per heavy atom. The van der Waals surface area contributed by atoms with Gasteiger partial charge in [-0.1, -0.05) is 18.2 Å². The monoisotopic (exact) mass is 120 g/mol. The Labute approximate surface area is 54.0 Å². The van der Waals surface area contributed by atoms with E-state index in [0.717, 1.165) is 13.0 Å². The molecule has 2 heteroatoms. The lowest BCUT2D eigenvalue weighted by Crippen LogP contribution is -2.03. The molecule has 0 saturated heterocycles. The minimum atomic E-state index is 0.916. The van der Waals surface area contributed by atoms with Crippen LogP contribution in [-0.4, -0.2) is 12.3 Å². The van der Waals surface area contributed by atoms with Crippen LogP contribution in [0.5, 0.6) is 0 Å². The Hall–Kier alpha value is -1.05. The van der Waals surface area contributed by atoms with E-state index in [-0.39, 0.29) is 0 Å². The van der Waals surface area contributed by atoms with E-state index in [2.05, 4.69) is 28.8 Å². The molecule has 2 rings (SSSR count). The van der Waals surface area contributed by atoms with Gasteiger partial charge in [-0.05, 0) is 5.57 Å². The zero-order valence-electron chi connectivity index (χ0n) is 5.09. The fraction of sp³-hybridized carbons (Fsp3) is 0.286. The molecule has 0 aromatic heterocycles. The van der Waals surface area contributed by atoms with E-state index in [1.165, 1.54) is 11.3 Å². The van der Waals surface area contributed by atoms with Crippen LogP contribution in [0, 0.1) is 0 Å². The molecular weight excluding hydrogens is 112 g/mol. The lowest BCUT2D eigenvalue weighted by Gasteiger charge is -2.00. The number of hydrazone groups is 1. The van der Waals surface area contributed by atoms with Crippen molar-refractivity contribution < 1.29 is 0 Å². The molecule has 1 aliphatic carbocycles. The van der Waals surface area contributed by atoms with Crippen LogP contribution in [0.2, 0.25) is 0 Å². The average Bonchev–Trinajstić information content (AvgIpc) is 2.33. The van der Waals surface area contributed by atoms with Crippen molar-refractivity contribution in [2.24, 2.45) is 5.10 Å². The van der Waals surface area contributed by atoms with E-state index in [9.17, 15) is 0 Å². The molecule has 0 spiro atoms. The van der Waals surface area contributed by atoms with Crippen LogP contribution in [0.3, 0.4) is 0 Å². The molecule has 2 aliphatic rings. The van der Waals surface area contributed by atoms with Crippen molar-refractivity contribution in [2.45, 2.75) is 6.42 Å². The smallest absolute Gasteiger partial charge is 0.0691 e. The van der Waals surface area contributed by atoms with Crippen LogP contribution < -0.4 is 5.43 Å². The number of nitrogens with one attached hydrogen (secondary N) is 1. The van der Waals surface area contributed by atoms with Crippen LogP contribution in [0.25, 0.3) is 0 Å². The third-order valence-electron chi connectivity index (χ3n) is 1.60. The van der Waals surface area contributed by atoms with Gasteiger partial charge in [-0.2, -0.15) is 5.10 Å². The van der Waals surface area contributed by atoms with Gasteiger partial charge >= 0.3 is 0 Å². The van der Waals surface area contributed by atoms with Gasteiger partial charge in [-0.3, -0.25) is 0 Å². The molecule has 1 heterocycles. The molecule has 0 amide bonds. The summed E-state index contributed by atoms with van der Waals surface area (Å²) in [6.45, 7) is 0.916. The summed E-state index contributed by atoms with van der Waals surface area (Å²) in [5, 5.41) is 4.10. The average molecular weight is 120 g/mol. The fourth-order valence-corrected chi connectivity index (χ4v) is 1.09. The maximum Gasteiger partial charge on any atom is 0.0691 e. The van der Waals surface area contributed by atoms with Crippen LogP contribution >= 0.6 is 0 Å². The first-order chi connectivity index (χ1) is 4.47. The Morgan fingerprint density at radius 1 is 1.56 bits per heavy atom. The Morgan fingerprint density at radius 3 is 3.44 bits per heavy atom. The van der Waals surface area contributed by atoms with Crippen molar-refractivity contribution in [2.75, 3.05) is 6.54 Å². The highest BCUT2D eigenvalue weighted by atomic mass is 15.3. The van der Waals surface area contributed by atoms with E-state index in [0.29, 0.717) is 0 Å². The van der Waals surface area contributed by atoms with Crippen molar-refractivity contribution >= 4 is 5.71 Å². The van der Waals surface area contributed by atoms with Gasteiger partial charge in [0.25, 0.3) is 0 Å². The maximum absolute atomic E-state index is 4.10. The molecule has 0 fully saturated rings. The second-order valence-corrected chi connectivity index (χ2v) is 2.22. The number of nitrogens with zero attached hydrogens (tertiary/aromatic N) is 1. The SMILES string of the molecule is C1=CCC2=NNCC2=C1. The topological polar surface area (TPSA) is 24.4 Å². The van der Waals surface area contributed by atoms with Crippen molar-refractivity contribution in [3.63, 3.8) is 0 Å². The minimum absolute atomic E-state index is 0.916. The second kappa shape index (κ2) is 1.72. The van der Waals surface area contributed by atoms with Gasteiger partial charge in [-0.15, -0.1) is 0 Å². The van der Waals surface area contributed by atoms with Crippen molar-refractivity contribution in [3.05, 3.63) is 23.8 Å². The van der Waals surface area contributed by atoms with E-state index >= 15 is 0 Å². The van der Waals surface area contributed by atoms with E-state index in [1.54, 1.807) is 0 Å². The summed E-state index contributed by atoms with van der Waals surface area (Å²) in [6.07, 6.45) is 7.32. The lowest BCUT2D eigenvalue weighted by atomic mass is 10.0. The molecule has 2 nitrogen and oxygen atoms in total. The van der Waals surface area contributed by atoms with Crippen LogP contribution in [0.1, 0.15) is 6.42 Å². The number of allylic oxidation sites excluding steroid dienone is 3. The molecule has 1 N–H and O–H groups in total. The first-order valence-electron chi connectivity index (χ1n) is 3.12. The first kappa shape index (κ1) is 4.79. The van der Waals surface area contributed by atoms with Crippen molar-refractivity contribution in [1.29, 1.82) is 0 Å². The van der Waals surface area contributed by atoms with Crippen LogP contribution in [-0.2, 0) is 0 Å². The van der Waals surface area contributed by atoms with Gasteiger partial charge in [0.05, 0.1) is 12.3 Å². The summed E-state index contributed by atoms with van der Waals surface area (Å²) in [7, 11) is 0. The Kier molecular flexibility index (Phi) is 0.918. The molecule has 0 saturated carbocycles. The highest BCUT2D eigenvalue weighted by Gasteiger charge is 2.12. The summed E-state index contributed by atoms with van der Waals surface area (Å²) in [5.41, 5.74) is 5.49.